The smallest absolute Gasteiger partial charge is 0.239 e. The highest BCUT2D eigenvalue weighted by atomic mass is 16.2. The third-order valence-corrected chi connectivity index (χ3v) is 4.09. The zero-order valence-electron chi connectivity index (χ0n) is 13.6. The Morgan fingerprint density at radius 3 is 2.62 bits per heavy atom. The number of rotatable bonds is 5. The van der Waals surface area contributed by atoms with E-state index in [0.29, 0.717) is 6.54 Å². The first-order valence-corrected chi connectivity index (χ1v) is 7.70. The number of likely N-dealkylation sites (tertiary alicyclic amines) is 1. The third-order valence-electron chi connectivity index (χ3n) is 4.09. The Hall–Kier alpha value is -1.56. The topological polar surface area (TPSA) is 53.4 Å². The first-order valence-electron chi connectivity index (χ1n) is 7.70. The second-order valence-electron chi connectivity index (χ2n) is 5.99. The van der Waals surface area contributed by atoms with Crippen LogP contribution in [0.25, 0.3) is 0 Å². The fraction of sp³-hybridized carbons (Fsp3) is 0.733. The van der Waals surface area contributed by atoms with E-state index in [-0.39, 0.29) is 11.9 Å². The van der Waals surface area contributed by atoms with Crippen LogP contribution >= 0.6 is 0 Å². The summed E-state index contributed by atoms with van der Waals surface area (Å²) in [7, 11) is 5.95. The van der Waals surface area contributed by atoms with Gasteiger partial charge in [0.15, 0.2) is 0 Å². The standard InChI is InChI=1S/C15H27N5O/c1-12(14(21)20-8-6-5-7-9-20)16-10-13-11-17-15(18(2)3)19(13)4/h11-12,16H,5-10H2,1-4H3. The fourth-order valence-corrected chi connectivity index (χ4v) is 2.75. The Morgan fingerprint density at radius 2 is 2.05 bits per heavy atom. The second kappa shape index (κ2) is 6.93. The van der Waals surface area contributed by atoms with Crippen molar-refractivity contribution in [3.8, 4) is 0 Å². The Labute approximate surface area is 127 Å². The van der Waals surface area contributed by atoms with Gasteiger partial charge in [0.2, 0.25) is 11.9 Å². The van der Waals surface area contributed by atoms with Crippen LogP contribution < -0.4 is 10.2 Å². The summed E-state index contributed by atoms with van der Waals surface area (Å²) in [5, 5.41) is 3.32. The van der Waals surface area contributed by atoms with Crippen LogP contribution in [0, 0.1) is 0 Å². The number of piperidine rings is 1. The quantitative estimate of drug-likeness (QED) is 0.879. The molecular formula is C15H27N5O. The molecule has 1 unspecified atom stereocenters. The molecule has 0 aromatic carbocycles. The summed E-state index contributed by atoms with van der Waals surface area (Å²) >= 11 is 0. The molecule has 118 valence electrons. The summed E-state index contributed by atoms with van der Waals surface area (Å²) < 4.78 is 2.05. The molecule has 1 aromatic heterocycles. The lowest BCUT2D eigenvalue weighted by Crippen LogP contribution is -2.46. The molecule has 1 aliphatic heterocycles. The van der Waals surface area contributed by atoms with Crippen molar-refractivity contribution in [1.29, 1.82) is 0 Å². The van der Waals surface area contributed by atoms with Crippen LogP contribution in [0.5, 0.6) is 0 Å². The molecule has 1 amide bonds. The third kappa shape index (κ3) is 3.75. The number of hydrogen-bond donors (Lipinski definition) is 1. The second-order valence-corrected chi connectivity index (χ2v) is 5.99. The molecule has 21 heavy (non-hydrogen) atoms. The number of anilines is 1. The molecule has 1 N–H and O–H groups in total. The lowest BCUT2D eigenvalue weighted by atomic mass is 10.1. The highest BCUT2D eigenvalue weighted by molar-refractivity contribution is 5.81. The van der Waals surface area contributed by atoms with Crippen molar-refractivity contribution in [3.63, 3.8) is 0 Å². The van der Waals surface area contributed by atoms with E-state index in [1.165, 1.54) is 6.42 Å². The van der Waals surface area contributed by atoms with Crippen molar-refractivity contribution in [2.75, 3.05) is 32.1 Å². The van der Waals surface area contributed by atoms with Gasteiger partial charge in [0.1, 0.15) is 0 Å². The molecule has 2 rings (SSSR count). The molecule has 1 atom stereocenters. The van der Waals surface area contributed by atoms with Gasteiger partial charge in [-0.05, 0) is 26.2 Å². The summed E-state index contributed by atoms with van der Waals surface area (Å²) in [5.74, 6) is 1.13. The van der Waals surface area contributed by atoms with E-state index in [0.717, 1.165) is 37.6 Å². The van der Waals surface area contributed by atoms with Crippen molar-refractivity contribution in [2.45, 2.75) is 38.8 Å². The first-order chi connectivity index (χ1) is 10.0. The van der Waals surface area contributed by atoms with E-state index in [4.69, 9.17) is 0 Å². The predicted molar refractivity (Wildman–Crippen MR) is 84.3 cm³/mol. The minimum absolute atomic E-state index is 0.152. The van der Waals surface area contributed by atoms with Crippen LogP contribution in [0.3, 0.4) is 0 Å². The largest absolute Gasteiger partial charge is 0.348 e. The van der Waals surface area contributed by atoms with Crippen LogP contribution in [-0.2, 0) is 18.4 Å². The Bertz CT molecular complexity index is 476. The molecule has 6 heteroatoms. The number of hydrogen-bond acceptors (Lipinski definition) is 4. The molecular weight excluding hydrogens is 266 g/mol. The fourth-order valence-electron chi connectivity index (χ4n) is 2.75. The molecule has 1 fully saturated rings. The first kappa shape index (κ1) is 15.8. The number of nitrogens with one attached hydrogen (secondary N) is 1. The SMILES string of the molecule is CC(NCc1cnc(N(C)C)n1C)C(=O)N1CCCCC1. The average molecular weight is 293 g/mol. The van der Waals surface area contributed by atoms with Gasteiger partial charge in [-0.25, -0.2) is 4.98 Å². The van der Waals surface area contributed by atoms with Crippen molar-refractivity contribution in [1.82, 2.24) is 19.8 Å². The number of nitrogens with zero attached hydrogens (tertiary/aromatic N) is 4. The minimum Gasteiger partial charge on any atom is -0.348 e. The van der Waals surface area contributed by atoms with Crippen molar-refractivity contribution in [3.05, 3.63) is 11.9 Å². The number of carbonyl (C=O) groups is 1. The van der Waals surface area contributed by atoms with Crippen LogP contribution in [0.2, 0.25) is 0 Å². The van der Waals surface area contributed by atoms with Crippen LogP contribution in [-0.4, -0.2) is 53.6 Å². The molecule has 0 radical (unpaired) electrons. The van der Waals surface area contributed by atoms with Crippen molar-refractivity contribution in [2.24, 2.45) is 7.05 Å². The zero-order valence-corrected chi connectivity index (χ0v) is 13.6. The van der Waals surface area contributed by atoms with Gasteiger partial charge < -0.3 is 19.7 Å². The number of imidazole rings is 1. The van der Waals surface area contributed by atoms with E-state index in [9.17, 15) is 4.79 Å². The number of carbonyl (C=O) groups excluding carboxylic acids is 1. The molecule has 1 aromatic rings. The summed E-state index contributed by atoms with van der Waals surface area (Å²) in [4.78, 5) is 20.7. The summed E-state index contributed by atoms with van der Waals surface area (Å²) in [5.41, 5.74) is 1.08. The van der Waals surface area contributed by atoms with Gasteiger partial charge in [0.25, 0.3) is 0 Å². The molecule has 6 nitrogen and oxygen atoms in total. The molecule has 0 spiro atoms. The molecule has 0 saturated carbocycles. The Kier molecular flexibility index (Phi) is 5.22. The maximum atomic E-state index is 12.4. The van der Waals surface area contributed by atoms with Gasteiger partial charge in [-0.2, -0.15) is 0 Å². The average Bonchev–Trinajstić information content (AvgIpc) is 2.86. The monoisotopic (exact) mass is 293 g/mol. The van der Waals surface area contributed by atoms with E-state index in [1.54, 1.807) is 0 Å². The summed E-state index contributed by atoms with van der Waals surface area (Å²) in [6, 6.07) is -0.152. The van der Waals surface area contributed by atoms with Gasteiger partial charge in [0.05, 0.1) is 17.9 Å². The van der Waals surface area contributed by atoms with Crippen molar-refractivity contribution < 1.29 is 4.79 Å². The van der Waals surface area contributed by atoms with E-state index in [2.05, 4.69) is 10.3 Å². The lowest BCUT2D eigenvalue weighted by molar-refractivity contribution is -0.133. The van der Waals surface area contributed by atoms with Gasteiger partial charge in [-0.3, -0.25) is 4.79 Å². The van der Waals surface area contributed by atoms with Gasteiger partial charge in [-0.15, -0.1) is 0 Å². The highest BCUT2D eigenvalue weighted by Gasteiger charge is 2.22. The highest BCUT2D eigenvalue weighted by Crippen LogP contribution is 2.12. The van der Waals surface area contributed by atoms with Crippen LogP contribution in [0.15, 0.2) is 6.20 Å². The molecule has 0 bridgehead atoms. The molecule has 0 aliphatic carbocycles. The zero-order chi connectivity index (χ0) is 15.4. The Morgan fingerprint density at radius 1 is 1.38 bits per heavy atom. The molecule has 1 aliphatic rings. The molecule has 2 heterocycles. The maximum Gasteiger partial charge on any atom is 0.239 e. The van der Waals surface area contributed by atoms with Crippen molar-refractivity contribution >= 4 is 11.9 Å². The normalized spacial score (nSPS) is 16.9. The summed E-state index contributed by atoms with van der Waals surface area (Å²) in [6.07, 6.45) is 5.37. The lowest BCUT2D eigenvalue weighted by Gasteiger charge is -2.29. The van der Waals surface area contributed by atoms with E-state index >= 15 is 0 Å². The predicted octanol–water partition coefficient (Wildman–Crippen LogP) is 0.977. The van der Waals surface area contributed by atoms with Gasteiger partial charge in [0, 0.05) is 40.8 Å². The Balaban J connectivity index is 1.88. The summed E-state index contributed by atoms with van der Waals surface area (Å²) in [6.45, 7) is 4.40. The molecule has 1 saturated heterocycles. The van der Waals surface area contributed by atoms with E-state index < -0.39 is 0 Å². The van der Waals surface area contributed by atoms with Gasteiger partial charge in [-0.1, -0.05) is 0 Å². The van der Waals surface area contributed by atoms with E-state index in [1.807, 2.05) is 48.6 Å². The number of aromatic nitrogens is 2. The maximum absolute atomic E-state index is 12.4. The number of amides is 1. The van der Waals surface area contributed by atoms with Crippen LogP contribution in [0.4, 0.5) is 5.95 Å². The van der Waals surface area contributed by atoms with Gasteiger partial charge >= 0.3 is 0 Å². The minimum atomic E-state index is -0.152. The van der Waals surface area contributed by atoms with Crippen LogP contribution in [0.1, 0.15) is 31.9 Å².